The van der Waals surface area contributed by atoms with Crippen molar-refractivity contribution in [2.45, 2.75) is 97.5 Å². The molecule has 0 aromatic carbocycles. The fourth-order valence-electron chi connectivity index (χ4n) is 5.37. The van der Waals surface area contributed by atoms with Gasteiger partial charge in [-0.15, -0.1) is 0 Å². The summed E-state index contributed by atoms with van der Waals surface area (Å²) < 4.78 is 5.53. The molecule has 0 radical (unpaired) electrons. The van der Waals surface area contributed by atoms with Crippen LogP contribution >= 0.6 is 0 Å². The molecule has 0 spiro atoms. The lowest BCUT2D eigenvalue weighted by atomic mass is 9.97. The SMILES string of the molecule is CC(CO)C[C@H]1OC(=O)CCNC(=O)C(C)N(C)C(=O)C(C(C)C)N(C)C(=O)C(C(C)C)NC(=O)[C@@H]2CCCN2C1=O. The van der Waals surface area contributed by atoms with E-state index in [1.807, 2.05) is 0 Å². The van der Waals surface area contributed by atoms with Crippen molar-refractivity contribution in [1.29, 1.82) is 0 Å². The summed E-state index contributed by atoms with van der Waals surface area (Å²) in [7, 11) is 2.99. The molecule has 0 aromatic rings. The van der Waals surface area contributed by atoms with Gasteiger partial charge in [-0.3, -0.25) is 28.8 Å². The zero-order chi connectivity index (χ0) is 31.9. The number of hydrogen-bond acceptors (Lipinski definition) is 8. The van der Waals surface area contributed by atoms with E-state index in [2.05, 4.69) is 10.6 Å². The van der Waals surface area contributed by atoms with Crippen molar-refractivity contribution < 1.29 is 38.6 Å². The number of rotatable bonds is 5. The second-order valence-electron chi connectivity index (χ2n) is 12.2. The van der Waals surface area contributed by atoms with Crippen molar-refractivity contribution >= 4 is 35.5 Å². The minimum Gasteiger partial charge on any atom is -0.452 e. The molecule has 0 aliphatic carbocycles. The van der Waals surface area contributed by atoms with E-state index in [1.165, 1.54) is 28.8 Å². The molecule has 238 valence electrons. The minimum absolute atomic E-state index is 0.0523. The van der Waals surface area contributed by atoms with Crippen LogP contribution in [0.2, 0.25) is 0 Å². The Bertz CT molecular complexity index is 1020. The number of fused-ring (bicyclic) bond motifs is 1. The van der Waals surface area contributed by atoms with Crippen LogP contribution in [-0.2, 0) is 33.5 Å². The Hall–Kier alpha value is -3.22. The van der Waals surface area contributed by atoms with E-state index in [1.54, 1.807) is 41.5 Å². The molecule has 5 amide bonds. The Morgan fingerprint density at radius 2 is 1.55 bits per heavy atom. The van der Waals surface area contributed by atoms with E-state index < -0.39 is 65.8 Å². The summed E-state index contributed by atoms with van der Waals surface area (Å²) in [5.41, 5.74) is 0. The van der Waals surface area contributed by atoms with E-state index in [9.17, 15) is 33.9 Å². The Kier molecular flexibility index (Phi) is 12.7. The van der Waals surface area contributed by atoms with Gasteiger partial charge in [0.1, 0.15) is 24.2 Å². The van der Waals surface area contributed by atoms with Crippen molar-refractivity contribution in [1.82, 2.24) is 25.3 Å². The predicted molar refractivity (Wildman–Crippen MR) is 154 cm³/mol. The molecule has 2 heterocycles. The molecule has 2 saturated heterocycles. The van der Waals surface area contributed by atoms with Crippen molar-refractivity contribution in [3.8, 4) is 0 Å². The van der Waals surface area contributed by atoms with Gasteiger partial charge in [-0.1, -0.05) is 34.6 Å². The Morgan fingerprint density at radius 1 is 0.905 bits per heavy atom. The molecule has 2 aliphatic heterocycles. The summed E-state index contributed by atoms with van der Waals surface area (Å²) in [6, 6.07) is -3.68. The molecule has 2 fully saturated rings. The fraction of sp³-hybridized carbons (Fsp3) is 0.793. The Balaban J connectivity index is 2.51. The summed E-state index contributed by atoms with van der Waals surface area (Å²) in [6.07, 6.45) is -0.491. The number of likely N-dealkylation sites (N-methyl/N-ethyl adjacent to an activating group) is 2. The van der Waals surface area contributed by atoms with Crippen LogP contribution in [0.1, 0.15) is 67.2 Å². The molecule has 13 heteroatoms. The van der Waals surface area contributed by atoms with Crippen LogP contribution in [0.15, 0.2) is 0 Å². The van der Waals surface area contributed by atoms with Crippen LogP contribution in [0, 0.1) is 17.8 Å². The van der Waals surface area contributed by atoms with Gasteiger partial charge in [0.25, 0.3) is 5.91 Å². The van der Waals surface area contributed by atoms with Gasteiger partial charge < -0.3 is 35.2 Å². The van der Waals surface area contributed by atoms with Gasteiger partial charge >= 0.3 is 5.97 Å². The number of esters is 1. The number of ether oxygens (including phenoxy) is 1. The normalized spacial score (nSPS) is 28.6. The van der Waals surface area contributed by atoms with Gasteiger partial charge in [-0.2, -0.15) is 0 Å². The number of amides is 5. The highest BCUT2D eigenvalue weighted by molar-refractivity contribution is 5.96. The monoisotopic (exact) mass is 595 g/mol. The topological polar surface area (TPSA) is 166 Å². The van der Waals surface area contributed by atoms with Crippen molar-refractivity contribution in [3.63, 3.8) is 0 Å². The average molecular weight is 596 g/mol. The summed E-state index contributed by atoms with van der Waals surface area (Å²) in [4.78, 5) is 84.1. The van der Waals surface area contributed by atoms with Gasteiger partial charge in [0, 0.05) is 33.8 Å². The van der Waals surface area contributed by atoms with Crippen LogP contribution in [0.25, 0.3) is 0 Å². The van der Waals surface area contributed by atoms with E-state index in [0.717, 1.165) is 0 Å². The molecule has 42 heavy (non-hydrogen) atoms. The predicted octanol–water partition coefficient (Wildman–Crippen LogP) is -0.102. The molecule has 13 nitrogen and oxygen atoms in total. The highest BCUT2D eigenvalue weighted by atomic mass is 16.5. The standard InChI is InChI=1S/C29H49N5O8/c1-16(2)23-28(40)33(8)24(17(3)4)29(41)32(7)19(6)25(37)30-12-11-22(36)42-21(14-18(5)15-35)27(39)34-13-9-10-20(34)26(38)31-23/h16-21,23-24,35H,9-15H2,1-8H3,(H,30,37)(H,31,38)/t18?,19?,20-,21+,23?,24?/m0/s1. The maximum atomic E-state index is 13.8. The zero-order valence-electron chi connectivity index (χ0n) is 26.2. The first-order chi connectivity index (χ1) is 19.6. The van der Waals surface area contributed by atoms with Gasteiger partial charge in [-0.05, 0) is 43.9 Å². The van der Waals surface area contributed by atoms with E-state index in [-0.39, 0.29) is 50.3 Å². The number of carbonyl (C=O) groups is 6. The first-order valence-corrected chi connectivity index (χ1v) is 14.8. The Labute approximate surface area is 248 Å². The summed E-state index contributed by atoms with van der Waals surface area (Å²) in [5, 5.41) is 15.0. The highest BCUT2D eigenvalue weighted by Gasteiger charge is 2.42. The molecule has 4 unspecified atom stereocenters. The Morgan fingerprint density at radius 3 is 2.12 bits per heavy atom. The van der Waals surface area contributed by atoms with Gasteiger partial charge in [-0.25, -0.2) is 0 Å². The zero-order valence-corrected chi connectivity index (χ0v) is 26.2. The molecule has 2 rings (SSSR count). The molecular weight excluding hydrogens is 546 g/mol. The minimum atomic E-state index is -1.23. The number of aliphatic hydroxyl groups excluding tert-OH is 1. The lowest BCUT2D eigenvalue weighted by Gasteiger charge is -2.37. The molecule has 2 aliphatic rings. The van der Waals surface area contributed by atoms with Crippen molar-refractivity contribution in [2.75, 3.05) is 33.8 Å². The maximum Gasteiger partial charge on any atom is 0.308 e. The largest absolute Gasteiger partial charge is 0.452 e. The van der Waals surface area contributed by atoms with E-state index >= 15 is 0 Å². The first kappa shape index (κ1) is 35.0. The van der Waals surface area contributed by atoms with Crippen molar-refractivity contribution in [2.24, 2.45) is 17.8 Å². The van der Waals surface area contributed by atoms with Gasteiger partial charge in [0.05, 0.1) is 6.42 Å². The second kappa shape index (κ2) is 15.3. The number of aliphatic hydroxyl groups is 1. The molecule has 0 bridgehead atoms. The second-order valence-corrected chi connectivity index (χ2v) is 12.2. The quantitative estimate of drug-likeness (QED) is 0.371. The van der Waals surface area contributed by atoms with Crippen molar-refractivity contribution in [3.05, 3.63) is 0 Å². The first-order valence-electron chi connectivity index (χ1n) is 14.8. The van der Waals surface area contributed by atoms with E-state index in [0.29, 0.717) is 12.8 Å². The lowest BCUT2D eigenvalue weighted by molar-refractivity contribution is -0.162. The van der Waals surface area contributed by atoms with Crippen LogP contribution in [0.3, 0.4) is 0 Å². The van der Waals surface area contributed by atoms with Crippen LogP contribution in [0.4, 0.5) is 0 Å². The smallest absolute Gasteiger partial charge is 0.308 e. The third-order valence-electron chi connectivity index (χ3n) is 8.13. The lowest BCUT2D eigenvalue weighted by Crippen LogP contribution is -2.60. The number of carbonyl (C=O) groups excluding carboxylic acids is 6. The van der Waals surface area contributed by atoms with Crippen LogP contribution in [-0.4, -0.2) is 119 Å². The molecular formula is C29H49N5O8. The van der Waals surface area contributed by atoms with E-state index in [4.69, 9.17) is 4.74 Å². The molecule has 6 atom stereocenters. The van der Waals surface area contributed by atoms with Gasteiger partial charge in [0.2, 0.25) is 23.6 Å². The fourth-order valence-corrected chi connectivity index (χ4v) is 5.37. The number of hydrogen-bond donors (Lipinski definition) is 3. The third kappa shape index (κ3) is 8.42. The number of cyclic esters (lactones) is 1. The highest BCUT2D eigenvalue weighted by Crippen LogP contribution is 2.23. The van der Waals surface area contributed by atoms with Gasteiger partial charge in [0.15, 0.2) is 6.10 Å². The third-order valence-corrected chi connectivity index (χ3v) is 8.13. The number of nitrogens with zero attached hydrogens (tertiary/aromatic N) is 3. The number of nitrogens with one attached hydrogen (secondary N) is 2. The molecule has 0 saturated carbocycles. The maximum absolute atomic E-state index is 13.8. The molecule has 0 aromatic heterocycles. The summed E-state index contributed by atoms with van der Waals surface area (Å²) in [5.74, 6) is -4.19. The van der Waals surface area contributed by atoms with Crippen LogP contribution < -0.4 is 10.6 Å². The van der Waals surface area contributed by atoms with Crippen LogP contribution in [0.5, 0.6) is 0 Å². The average Bonchev–Trinajstić information content (AvgIpc) is 3.43. The summed E-state index contributed by atoms with van der Waals surface area (Å²) >= 11 is 0. The summed E-state index contributed by atoms with van der Waals surface area (Å²) in [6.45, 7) is 10.4. The molecule has 3 N–H and O–H groups in total.